The van der Waals surface area contributed by atoms with E-state index >= 15 is 0 Å². The molecule has 0 unspecified atom stereocenters. The molecule has 2 heterocycles. The SMILES string of the molecule is C[C@H](N)[C@@H](CC1CC1)Nc1nc(Nc2ccc3c(F)nn(C)c3c2)c(C(N)=O)cc1F. The van der Waals surface area contributed by atoms with Crippen molar-refractivity contribution in [3.63, 3.8) is 0 Å². The van der Waals surface area contributed by atoms with Crippen LogP contribution in [0.4, 0.5) is 26.1 Å². The second kappa shape index (κ2) is 8.10. The molecule has 1 aromatic carbocycles. The highest BCUT2D eigenvalue weighted by atomic mass is 19.1. The van der Waals surface area contributed by atoms with Gasteiger partial charge in [-0.15, -0.1) is 5.10 Å². The van der Waals surface area contributed by atoms with Crippen molar-refractivity contribution < 1.29 is 13.6 Å². The van der Waals surface area contributed by atoms with E-state index in [1.807, 2.05) is 6.92 Å². The highest BCUT2D eigenvalue weighted by molar-refractivity contribution is 5.99. The minimum atomic E-state index is -0.824. The Kier molecular flexibility index (Phi) is 5.48. The maximum atomic E-state index is 14.7. The molecule has 0 radical (unpaired) electrons. The number of nitrogens with zero attached hydrogens (tertiary/aromatic N) is 3. The van der Waals surface area contributed by atoms with Gasteiger partial charge in [0, 0.05) is 24.8 Å². The fraction of sp³-hybridized carbons (Fsp3) is 0.381. The van der Waals surface area contributed by atoms with Crippen molar-refractivity contribution in [1.29, 1.82) is 0 Å². The average molecular weight is 429 g/mol. The number of aryl methyl sites for hydroxylation is 1. The van der Waals surface area contributed by atoms with Gasteiger partial charge in [-0.25, -0.2) is 9.37 Å². The third-order valence-electron chi connectivity index (χ3n) is 5.55. The molecule has 8 nitrogen and oxygen atoms in total. The number of hydrogen-bond acceptors (Lipinski definition) is 6. The number of rotatable bonds is 8. The third kappa shape index (κ3) is 4.43. The number of carbonyl (C=O) groups is 1. The van der Waals surface area contributed by atoms with Crippen LogP contribution in [-0.2, 0) is 7.05 Å². The first-order chi connectivity index (χ1) is 14.7. The topological polar surface area (TPSA) is 124 Å². The van der Waals surface area contributed by atoms with Gasteiger partial charge in [0.05, 0.1) is 16.5 Å². The highest BCUT2D eigenvalue weighted by Crippen LogP contribution is 2.35. The zero-order chi connectivity index (χ0) is 22.3. The normalized spacial score (nSPS) is 15.6. The van der Waals surface area contributed by atoms with Crippen LogP contribution in [-0.4, -0.2) is 32.8 Å². The number of carbonyl (C=O) groups excluding carboxylic acids is 1. The third-order valence-corrected chi connectivity index (χ3v) is 5.55. The Morgan fingerprint density at radius 3 is 2.68 bits per heavy atom. The molecule has 1 aliphatic rings. The predicted octanol–water partition coefficient (Wildman–Crippen LogP) is 3.02. The molecule has 2 atom stereocenters. The second-order valence-electron chi connectivity index (χ2n) is 8.14. The molecule has 2 aromatic heterocycles. The van der Waals surface area contributed by atoms with Gasteiger partial charge in [-0.05, 0) is 43.5 Å². The maximum absolute atomic E-state index is 14.7. The Hall–Kier alpha value is -3.27. The number of pyridine rings is 1. The molecule has 3 aromatic rings. The fourth-order valence-corrected chi connectivity index (χ4v) is 3.59. The van der Waals surface area contributed by atoms with Gasteiger partial charge in [0.2, 0.25) is 5.95 Å². The van der Waals surface area contributed by atoms with Gasteiger partial charge in [0.25, 0.3) is 5.91 Å². The Morgan fingerprint density at radius 2 is 2.03 bits per heavy atom. The summed E-state index contributed by atoms with van der Waals surface area (Å²) < 4.78 is 29.9. The summed E-state index contributed by atoms with van der Waals surface area (Å²) in [7, 11) is 1.62. The van der Waals surface area contributed by atoms with Gasteiger partial charge in [-0.3, -0.25) is 9.48 Å². The van der Waals surface area contributed by atoms with Crippen molar-refractivity contribution in [3.05, 3.63) is 41.6 Å². The lowest BCUT2D eigenvalue weighted by molar-refractivity contribution is 0.100. The lowest BCUT2D eigenvalue weighted by atomic mass is 10.0. The van der Waals surface area contributed by atoms with Crippen molar-refractivity contribution in [2.24, 2.45) is 24.4 Å². The predicted molar refractivity (Wildman–Crippen MR) is 115 cm³/mol. The number of fused-ring (bicyclic) bond motifs is 1. The molecule has 0 spiro atoms. The fourth-order valence-electron chi connectivity index (χ4n) is 3.59. The summed E-state index contributed by atoms with van der Waals surface area (Å²) in [5, 5.41) is 10.2. The standard InChI is InChI=1S/C21H25F2N7O/c1-10(24)16(7-11-3-4-11)27-21-15(22)9-14(19(25)31)20(28-21)26-12-5-6-13-17(8-12)30(2)29-18(13)23/h5-6,8-11,16H,3-4,7,24H2,1-2H3,(H2,25,31)(H2,26,27,28)/t10-,16+/m0/s1. The number of primary amides is 1. The quantitative estimate of drug-likeness (QED) is 0.436. The summed E-state index contributed by atoms with van der Waals surface area (Å²) in [6.07, 6.45) is 3.11. The molecule has 1 fully saturated rings. The van der Waals surface area contributed by atoms with Crippen molar-refractivity contribution in [3.8, 4) is 0 Å². The van der Waals surface area contributed by atoms with E-state index in [4.69, 9.17) is 11.5 Å². The van der Waals surface area contributed by atoms with Crippen molar-refractivity contribution in [2.45, 2.75) is 38.3 Å². The number of anilines is 3. The number of amides is 1. The van der Waals surface area contributed by atoms with Crippen LogP contribution in [0.2, 0.25) is 0 Å². The number of nitrogens with two attached hydrogens (primary N) is 2. The van der Waals surface area contributed by atoms with E-state index in [2.05, 4.69) is 20.7 Å². The minimum Gasteiger partial charge on any atom is -0.365 e. The molecule has 164 valence electrons. The number of aromatic nitrogens is 3. The molecule has 1 saturated carbocycles. The van der Waals surface area contributed by atoms with E-state index in [1.165, 1.54) is 4.68 Å². The Bertz CT molecular complexity index is 1140. The first-order valence-electron chi connectivity index (χ1n) is 10.1. The molecule has 0 aliphatic heterocycles. The highest BCUT2D eigenvalue weighted by Gasteiger charge is 2.28. The van der Waals surface area contributed by atoms with E-state index in [1.54, 1.807) is 25.2 Å². The van der Waals surface area contributed by atoms with Crippen LogP contribution in [0.5, 0.6) is 0 Å². The van der Waals surface area contributed by atoms with Gasteiger partial charge in [0.1, 0.15) is 5.82 Å². The molecular formula is C21H25F2N7O. The van der Waals surface area contributed by atoms with Crippen molar-refractivity contribution >= 4 is 34.1 Å². The molecular weight excluding hydrogens is 404 g/mol. The van der Waals surface area contributed by atoms with Gasteiger partial charge < -0.3 is 22.1 Å². The maximum Gasteiger partial charge on any atom is 0.252 e. The van der Waals surface area contributed by atoms with E-state index in [-0.39, 0.29) is 29.3 Å². The van der Waals surface area contributed by atoms with Gasteiger partial charge in [0.15, 0.2) is 11.6 Å². The van der Waals surface area contributed by atoms with Gasteiger partial charge in [-0.2, -0.15) is 4.39 Å². The van der Waals surface area contributed by atoms with E-state index in [0.717, 1.165) is 25.3 Å². The molecule has 0 saturated heterocycles. The largest absolute Gasteiger partial charge is 0.365 e. The molecule has 10 heteroatoms. The summed E-state index contributed by atoms with van der Waals surface area (Å²) in [5.41, 5.74) is 12.5. The van der Waals surface area contributed by atoms with Crippen molar-refractivity contribution in [1.82, 2.24) is 14.8 Å². The summed E-state index contributed by atoms with van der Waals surface area (Å²) in [6.45, 7) is 1.86. The molecule has 31 heavy (non-hydrogen) atoms. The van der Waals surface area contributed by atoms with Crippen LogP contribution in [0.1, 0.15) is 36.5 Å². The van der Waals surface area contributed by atoms with Crippen LogP contribution in [0.25, 0.3) is 10.9 Å². The van der Waals surface area contributed by atoms with Crippen LogP contribution >= 0.6 is 0 Å². The Labute approximate surface area is 178 Å². The van der Waals surface area contributed by atoms with Crippen LogP contribution < -0.4 is 22.1 Å². The van der Waals surface area contributed by atoms with Gasteiger partial charge in [-0.1, -0.05) is 12.8 Å². The first-order valence-corrected chi connectivity index (χ1v) is 10.1. The lowest BCUT2D eigenvalue weighted by Crippen LogP contribution is -2.39. The number of benzene rings is 1. The zero-order valence-corrected chi connectivity index (χ0v) is 17.3. The summed E-state index contributed by atoms with van der Waals surface area (Å²) in [4.78, 5) is 16.2. The average Bonchev–Trinajstić information content (AvgIpc) is 3.48. The van der Waals surface area contributed by atoms with E-state index < -0.39 is 17.7 Å². The summed E-state index contributed by atoms with van der Waals surface area (Å²) in [6, 6.07) is 5.53. The molecule has 0 bridgehead atoms. The molecule has 1 amide bonds. The van der Waals surface area contributed by atoms with Gasteiger partial charge >= 0.3 is 0 Å². The minimum absolute atomic E-state index is 0.0110. The van der Waals surface area contributed by atoms with Crippen LogP contribution in [0, 0.1) is 17.7 Å². The number of halogens is 2. The molecule has 6 N–H and O–H groups in total. The molecule has 1 aliphatic carbocycles. The molecule has 4 rings (SSSR count). The second-order valence-corrected chi connectivity index (χ2v) is 8.14. The Morgan fingerprint density at radius 1 is 1.29 bits per heavy atom. The van der Waals surface area contributed by atoms with E-state index in [0.29, 0.717) is 22.5 Å². The van der Waals surface area contributed by atoms with Crippen LogP contribution in [0.15, 0.2) is 24.3 Å². The zero-order valence-electron chi connectivity index (χ0n) is 17.3. The lowest BCUT2D eigenvalue weighted by Gasteiger charge is -2.24. The summed E-state index contributed by atoms with van der Waals surface area (Å²) >= 11 is 0. The Balaban J connectivity index is 1.67. The number of hydrogen-bond donors (Lipinski definition) is 4. The van der Waals surface area contributed by atoms with Crippen LogP contribution in [0.3, 0.4) is 0 Å². The monoisotopic (exact) mass is 429 g/mol. The first kappa shape index (κ1) is 21.0. The smallest absolute Gasteiger partial charge is 0.252 e. The summed E-state index contributed by atoms with van der Waals surface area (Å²) in [5.74, 6) is -1.43. The van der Waals surface area contributed by atoms with Crippen molar-refractivity contribution in [2.75, 3.05) is 10.6 Å². The van der Waals surface area contributed by atoms with E-state index in [9.17, 15) is 13.6 Å². The number of nitrogens with one attached hydrogen (secondary N) is 2.